The second-order valence-electron chi connectivity index (χ2n) is 5.75. The molecule has 0 bridgehead atoms. The Hall–Kier alpha value is -0.930. The van der Waals surface area contributed by atoms with E-state index in [2.05, 4.69) is 18.7 Å². The third kappa shape index (κ3) is 3.77. The monoisotopic (exact) mass is 265 g/mol. The Morgan fingerprint density at radius 1 is 1.42 bits per heavy atom. The fraction of sp³-hybridized carbons (Fsp3) is 0.625. The lowest BCUT2D eigenvalue weighted by Crippen LogP contribution is -2.48. The molecule has 1 aromatic rings. The molecule has 1 aliphatic rings. The van der Waals surface area contributed by atoms with Gasteiger partial charge in [-0.15, -0.1) is 0 Å². The molecule has 1 aliphatic heterocycles. The molecule has 0 spiro atoms. The zero-order valence-corrected chi connectivity index (χ0v) is 12.1. The molecule has 2 nitrogen and oxygen atoms in total. The highest BCUT2D eigenvalue weighted by atomic mass is 19.1. The van der Waals surface area contributed by atoms with Gasteiger partial charge < -0.3 is 4.74 Å². The summed E-state index contributed by atoms with van der Waals surface area (Å²) in [5.74, 6) is 0.341. The average Bonchev–Trinajstić information content (AvgIpc) is 2.39. The molecule has 1 fully saturated rings. The predicted octanol–water partition coefficient (Wildman–Crippen LogP) is 3.11. The number of benzene rings is 1. The number of rotatable bonds is 4. The number of nitrogens with zero attached hydrogens (tertiary/aromatic N) is 1. The van der Waals surface area contributed by atoms with E-state index >= 15 is 0 Å². The average molecular weight is 265 g/mol. The maximum atomic E-state index is 13.2. The highest BCUT2D eigenvalue weighted by Crippen LogP contribution is 2.25. The van der Waals surface area contributed by atoms with Gasteiger partial charge in [0, 0.05) is 19.7 Å². The maximum Gasteiger partial charge on any atom is 0.123 e. The van der Waals surface area contributed by atoms with Gasteiger partial charge in [0.25, 0.3) is 0 Å². The van der Waals surface area contributed by atoms with Crippen LogP contribution in [0.25, 0.3) is 0 Å². The molecular formula is C16H24FNO. The van der Waals surface area contributed by atoms with Crippen molar-refractivity contribution in [2.45, 2.75) is 38.8 Å². The normalized spacial score (nSPS) is 24.9. The third-order valence-corrected chi connectivity index (χ3v) is 4.15. The molecule has 1 aromatic carbocycles. The topological polar surface area (TPSA) is 12.5 Å². The Balaban J connectivity index is 2.00. The lowest BCUT2D eigenvalue weighted by Gasteiger charge is -2.40. The standard InChI is InChI=1S/C16H24FNO/c1-12(2)18-8-7-14(16(11-18)19-3)9-13-5-4-6-15(17)10-13/h4-6,10,12,14,16H,7-9,11H2,1-3H3/t14-,16-/m1/s1. The van der Waals surface area contributed by atoms with Crippen LogP contribution in [0.3, 0.4) is 0 Å². The van der Waals surface area contributed by atoms with Gasteiger partial charge in [-0.2, -0.15) is 0 Å². The van der Waals surface area contributed by atoms with Crippen LogP contribution in [0.4, 0.5) is 4.39 Å². The van der Waals surface area contributed by atoms with Gasteiger partial charge in [-0.1, -0.05) is 12.1 Å². The molecule has 106 valence electrons. The van der Waals surface area contributed by atoms with E-state index in [-0.39, 0.29) is 11.9 Å². The fourth-order valence-electron chi connectivity index (χ4n) is 2.93. The van der Waals surface area contributed by atoms with Crippen molar-refractivity contribution in [2.75, 3.05) is 20.2 Å². The molecule has 1 saturated heterocycles. The largest absolute Gasteiger partial charge is 0.380 e. The quantitative estimate of drug-likeness (QED) is 0.829. The van der Waals surface area contributed by atoms with Crippen LogP contribution < -0.4 is 0 Å². The molecule has 19 heavy (non-hydrogen) atoms. The zero-order valence-electron chi connectivity index (χ0n) is 12.1. The molecule has 0 N–H and O–H groups in total. The van der Waals surface area contributed by atoms with E-state index in [9.17, 15) is 4.39 Å². The minimum atomic E-state index is -0.147. The van der Waals surface area contributed by atoms with Crippen molar-refractivity contribution in [1.29, 1.82) is 0 Å². The number of methoxy groups -OCH3 is 1. The Morgan fingerprint density at radius 3 is 2.84 bits per heavy atom. The number of likely N-dealkylation sites (tertiary alicyclic amines) is 1. The molecule has 1 heterocycles. The van der Waals surface area contributed by atoms with Crippen LogP contribution in [0.2, 0.25) is 0 Å². The summed E-state index contributed by atoms with van der Waals surface area (Å²) in [4.78, 5) is 2.45. The first-order valence-corrected chi connectivity index (χ1v) is 7.11. The van der Waals surface area contributed by atoms with Gasteiger partial charge in [0.1, 0.15) is 5.82 Å². The second-order valence-corrected chi connectivity index (χ2v) is 5.75. The van der Waals surface area contributed by atoms with Crippen molar-refractivity contribution in [3.8, 4) is 0 Å². The summed E-state index contributed by atoms with van der Waals surface area (Å²) in [5.41, 5.74) is 1.07. The number of hydrogen-bond acceptors (Lipinski definition) is 2. The fourth-order valence-corrected chi connectivity index (χ4v) is 2.93. The first-order valence-electron chi connectivity index (χ1n) is 7.11. The SMILES string of the molecule is CO[C@@H]1CN(C(C)C)CC[C@@H]1Cc1cccc(F)c1. The number of piperidine rings is 1. The molecule has 3 heteroatoms. The number of halogens is 1. The Bertz CT molecular complexity index is 407. The van der Waals surface area contributed by atoms with Crippen LogP contribution in [0.1, 0.15) is 25.8 Å². The molecular weight excluding hydrogens is 241 g/mol. The van der Waals surface area contributed by atoms with Crippen molar-refractivity contribution >= 4 is 0 Å². The number of ether oxygens (including phenoxy) is 1. The summed E-state index contributed by atoms with van der Waals surface area (Å²) in [5, 5.41) is 0. The summed E-state index contributed by atoms with van der Waals surface area (Å²) < 4.78 is 18.9. The van der Waals surface area contributed by atoms with Crippen molar-refractivity contribution in [3.05, 3.63) is 35.6 Å². The van der Waals surface area contributed by atoms with Gasteiger partial charge in [0.15, 0.2) is 0 Å². The van der Waals surface area contributed by atoms with Crippen LogP contribution in [0.5, 0.6) is 0 Å². The zero-order chi connectivity index (χ0) is 13.8. The van der Waals surface area contributed by atoms with Gasteiger partial charge in [0.2, 0.25) is 0 Å². The van der Waals surface area contributed by atoms with Gasteiger partial charge in [-0.05, 0) is 56.8 Å². The summed E-state index contributed by atoms with van der Waals surface area (Å²) in [6, 6.07) is 7.49. The summed E-state index contributed by atoms with van der Waals surface area (Å²) in [7, 11) is 1.78. The summed E-state index contributed by atoms with van der Waals surface area (Å²) in [6.07, 6.45) is 2.27. The van der Waals surface area contributed by atoms with Crippen LogP contribution in [0, 0.1) is 11.7 Å². The second kappa shape index (κ2) is 6.49. The van der Waals surface area contributed by atoms with E-state index in [0.29, 0.717) is 12.0 Å². The van der Waals surface area contributed by atoms with E-state index in [1.165, 1.54) is 6.07 Å². The van der Waals surface area contributed by atoms with Crippen molar-refractivity contribution in [2.24, 2.45) is 5.92 Å². The lowest BCUT2D eigenvalue weighted by atomic mass is 9.87. The smallest absolute Gasteiger partial charge is 0.123 e. The van der Waals surface area contributed by atoms with Gasteiger partial charge >= 0.3 is 0 Å². The molecule has 0 aromatic heterocycles. The van der Waals surface area contributed by atoms with E-state index < -0.39 is 0 Å². The van der Waals surface area contributed by atoms with Crippen LogP contribution >= 0.6 is 0 Å². The van der Waals surface area contributed by atoms with Gasteiger partial charge in [-0.25, -0.2) is 4.39 Å². The maximum absolute atomic E-state index is 13.2. The molecule has 0 aliphatic carbocycles. The number of hydrogen-bond donors (Lipinski definition) is 0. The van der Waals surface area contributed by atoms with E-state index in [0.717, 1.165) is 31.5 Å². The molecule has 2 atom stereocenters. The molecule has 0 radical (unpaired) electrons. The first-order chi connectivity index (χ1) is 9.10. The Kier molecular flexibility index (Phi) is 4.94. The highest BCUT2D eigenvalue weighted by molar-refractivity contribution is 5.17. The van der Waals surface area contributed by atoms with E-state index in [4.69, 9.17) is 4.74 Å². The predicted molar refractivity (Wildman–Crippen MR) is 75.7 cm³/mol. The van der Waals surface area contributed by atoms with Crippen LogP contribution in [-0.4, -0.2) is 37.2 Å². The van der Waals surface area contributed by atoms with Crippen molar-refractivity contribution < 1.29 is 9.13 Å². The Labute approximate surface area is 115 Å². The lowest BCUT2D eigenvalue weighted by molar-refractivity contribution is -0.0201. The summed E-state index contributed by atoms with van der Waals surface area (Å²) >= 11 is 0. The minimum Gasteiger partial charge on any atom is -0.380 e. The molecule has 0 unspecified atom stereocenters. The summed E-state index contributed by atoms with van der Waals surface area (Å²) in [6.45, 7) is 6.53. The Morgan fingerprint density at radius 2 is 2.21 bits per heavy atom. The third-order valence-electron chi connectivity index (χ3n) is 4.15. The molecule has 0 saturated carbocycles. The van der Waals surface area contributed by atoms with Gasteiger partial charge in [-0.3, -0.25) is 4.90 Å². The van der Waals surface area contributed by atoms with Crippen LogP contribution in [0.15, 0.2) is 24.3 Å². The molecule has 2 rings (SSSR count). The van der Waals surface area contributed by atoms with Crippen LogP contribution in [-0.2, 0) is 11.2 Å². The van der Waals surface area contributed by atoms with E-state index in [1.54, 1.807) is 19.2 Å². The van der Waals surface area contributed by atoms with E-state index in [1.807, 2.05) is 6.07 Å². The molecule has 0 amide bonds. The van der Waals surface area contributed by atoms with Gasteiger partial charge in [0.05, 0.1) is 6.10 Å². The van der Waals surface area contributed by atoms with Crippen molar-refractivity contribution in [1.82, 2.24) is 4.90 Å². The highest BCUT2D eigenvalue weighted by Gasteiger charge is 2.30. The van der Waals surface area contributed by atoms with Crippen molar-refractivity contribution in [3.63, 3.8) is 0 Å². The minimum absolute atomic E-state index is 0.147. The first kappa shape index (κ1) is 14.5.